The Hall–Kier alpha value is -3.63. The number of hydrogen-bond donors (Lipinski definition) is 2. The number of carbonyl (C=O) groups is 1. The molecular formula is C31H31NO3. The molecule has 0 aromatic heterocycles. The van der Waals surface area contributed by atoms with Crippen molar-refractivity contribution in [1.82, 2.24) is 5.32 Å². The molecule has 4 aromatic rings. The zero-order valence-corrected chi connectivity index (χ0v) is 20.4. The largest absolute Gasteiger partial charge is 0.489 e. The second-order valence-corrected chi connectivity index (χ2v) is 9.52. The van der Waals surface area contributed by atoms with Gasteiger partial charge in [0.05, 0.1) is 5.56 Å². The smallest absolute Gasteiger partial charge is 0.335 e. The highest BCUT2D eigenvalue weighted by molar-refractivity contribution is 5.90. The van der Waals surface area contributed by atoms with Gasteiger partial charge in [-0.1, -0.05) is 66.7 Å². The molecular weight excluding hydrogens is 434 g/mol. The highest BCUT2D eigenvalue weighted by Gasteiger charge is 2.31. The molecule has 1 aliphatic heterocycles. The molecule has 2 N–H and O–H groups in total. The first kappa shape index (κ1) is 23.1. The minimum atomic E-state index is -0.881. The standard InChI is InChI=1S/C31H31NO3/c1-19-20(2)25(31(33)34)16-15-24(19)29-17-23(35-30-14-7-6-12-28(29)30)18-32-21(3)26-13-8-10-22-9-4-5-11-27(22)26/h4-16,21,23,29,32H,17-18H2,1-3H3,(H,33,34)/t21-,23-,29-/m1/s1. The van der Waals surface area contributed by atoms with E-state index < -0.39 is 5.97 Å². The molecule has 0 fully saturated rings. The monoisotopic (exact) mass is 465 g/mol. The SMILES string of the molecule is Cc1c(C(=O)O)ccc([C@H]2C[C@H](CN[C@H](C)c3cccc4ccccc34)Oc3ccccc32)c1C. The predicted molar refractivity (Wildman–Crippen MR) is 141 cm³/mol. The van der Waals surface area contributed by atoms with Gasteiger partial charge < -0.3 is 15.2 Å². The first-order valence-electron chi connectivity index (χ1n) is 12.2. The quantitative estimate of drug-likeness (QED) is 0.329. The third-order valence-electron chi connectivity index (χ3n) is 7.46. The second kappa shape index (κ2) is 9.55. The van der Waals surface area contributed by atoms with Gasteiger partial charge in [-0.15, -0.1) is 0 Å². The van der Waals surface area contributed by atoms with Crippen molar-refractivity contribution in [2.75, 3.05) is 6.54 Å². The van der Waals surface area contributed by atoms with Crippen LogP contribution in [-0.2, 0) is 0 Å². The lowest BCUT2D eigenvalue weighted by molar-refractivity contribution is 0.0696. The van der Waals surface area contributed by atoms with Crippen LogP contribution in [0.3, 0.4) is 0 Å². The first-order chi connectivity index (χ1) is 16.9. The van der Waals surface area contributed by atoms with Crippen LogP contribution in [0.25, 0.3) is 10.8 Å². The third-order valence-corrected chi connectivity index (χ3v) is 7.46. The Morgan fingerprint density at radius 1 is 0.943 bits per heavy atom. The molecule has 0 bridgehead atoms. The molecule has 4 heteroatoms. The summed E-state index contributed by atoms with van der Waals surface area (Å²) < 4.78 is 6.43. The van der Waals surface area contributed by atoms with Crippen molar-refractivity contribution in [3.05, 3.63) is 112 Å². The Kier molecular flexibility index (Phi) is 6.31. The predicted octanol–water partition coefficient (Wildman–Crippen LogP) is 6.79. The molecule has 4 aromatic carbocycles. The molecule has 35 heavy (non-hydrogen) atoms. The van der Waals surface area contributed by atoms with Crippen LogP contribution in [-0.4, -0.2) is 23.7 Å². The summed E-state index contributed by atoms with van der Waals surface area (Å²) in [7, 11) is 0. The van der Waals surface area contributed by atoms with Gasteiger partial charge in [-0.3, -0.25) is 0 Å². The van der Waals surface area contributed by atoms with Crippen LogP contribution in [0.4, 0.5) is 0 Å². The van der Waals surface area contributed by atoms with Crippen LogP contribution < -0.4 is 10.1 Å². The number of carboxylic acid groups (broad SMARTS) is 1. The maximum atomic E-state index is 11.6. The summed E-state index contributed by atoms with van der Waals surface area (Å²) in [5, 5.41) is 15.8. The van der Waals surface area contributed by atoms with Crippen LogP contribution in [0.1, 0.15) is 63.5 Å². The molecule has 178 valence electrons. The van der Waals surface area contributed by atoms with E-state index in [1.807, 2.05) is 38.1 Å². The number of aromatic carboxylic acids is 1. The zero-order valence-electron chi connectivity index (χ0n) is 20.4. The molecule has 0 spiro atoms. The fraction of sp³-hybridized carbons (Fsp3) is 0.258. The molecule has 4 nitrogen and oxygen atoms in total. The number of nitrogens with one attached hydrogen (secondary N) is 1. The summed E-state index contributed by atoms with van der Waals surface area (Å²) in [4.78, 5) is 11.6. The molecule has 0 unspecified atom stereocenters. The Morgan fingerprint density at radius 2 is 1.69 bits per heavy atom. The minimum absolute atomic E-state index is 0.00572. The summed E-state index contributed by atoms with van der Waals surface area (Å²) in [6.07, 6.45) is 0.838. The lowest BCUT2D eigenvalue weighted by atomic mass is 9.80. The summed E-state index contributed by atoms with van der Waals surface area (Å²) in [6, 6.07) is 27.1. The van der Waals surface area contributed by atoms with Gasteiger partial charge in [0.15, 0.2) is 0 Å². The van der Waals surface area contributed by atoms with Gasteiger partial charge in [0.1, 0.15) is 11.9 Å². The van der Waals surface area contributed by atoms with Crippen molar-refractivity contribution in [2.45, 2.75) is 45.3 Å². The van der Waals surface area contributed by atoms with E-state index in [9.17, 15) is 9.90 Å². The molecule has 0 saturated heterocycles. The fourth-order valence-electron chi connectivity index (χ4n) is 5.41. The van der Waals surface area contributed by atoms with Crippen molar-refractivity contribution < 1.29 is 14.6 Å². The maximum Gasteiger partial charge on any atom is 0.335 e. The number of carboxylic acids is 1. The van der Waals surface area contributed by atoms with Crippen LogP contribution in [0, 0.1) is 13.8 Å². The van der Waals surface area contributed by atoms with E-state index in [4.69, 9.17) is 4.74 Å². The van der Waals surface area contributed by atoms with Crippen LogP contribution >= 0.6 is 0 Å². The highest BCUT2D eigenvalue weighted by atomic mass is 16.5. The fourth-order valence-corrected chi connectivity index (χ4v) is 5.41. The average molecular weight is 466 g/mol. The normalized spacial score (nSPS) is 18.0. The van der Waals surface area contributed by atoms with E-state index in [0.29, 0.717) is 5.56 Å². The molecule has 0 aliphatic carbocycles. The zero-order chi connectivity index (χ0) is 24.5. The van der Waals surface area contributed by atoms with E-state index in [1.165, 1.54) is 21.9 Å². The molecule has 0 saturated carbocycles. The number of fused-ring (bicyclic) bond motifs is 2. The Labute approximate surface area is 206 Å². The Bertz CT molecular complexity index is 1390. The summed E-state index contributed by atoms with van der Waals surface area (Å²) in [6.45, 7) is 6.86. The van der Waals surface area contributed by atoms with Gasteiger partial charge in [0, 0.05) is 24.1 Å². The van der Waals surface area contributed by atoms with Gasteiger partial charge in [0.25, 0.3) is 0 Å². The number of hydrogen-bond acceptors (Lipinski definition) is 3. The van der Waals surface area contributed by atoms with E-state index in [-0.39, 0.29) is 18.1 Å². The van der Waals surface area contributed by atoms with E-state index in [2.05, 4.69) is 60.8 Å². The summed E-state index contributed by atoms with van der Waals surface area (Å²) >= 11 is 0. The lowest BCUT2D eigenvalue weighted by Gasteiger charge is -2.34. The Balaban J connectivity index is 1.40. The summed E-state index contributed by atoms with van der Waals surface area (Å²) in [5.74, 6) is 0.183. The molecule has 5 rings (SSSR count). The second-order valence-electron chi connectivity index (χ2n) is 9.52. The van der Waals surface area contributed by atoms with Crippen molar-refractivity contribution >= 4 is 16.7 Å². The summed E-state index contributed by atoms with van der Waals surface area (Å²) in [5.41, 5.74) is 5.87. The Morgan fingerprint density at radius 3 is 2.51 bits per heavy atom. The average Bonchev–Trinajstić information content (AvgIpc) is 2.88. The van der Waals surface area contributed by atoms with E-state index in [1.54, 1.807) is 6.07 Å². The van der Waals surface area contributed by atoms with Gasteiger partial charge in [-0.2, -0.15) is 0 Å². The first-order valence-corrected chi connectivity index (χ1v) is 12.2. The van der Waals surface area contributed by atoms with Gasteiger partial charge in [-0.05, 0) is 72.4 Å². The van der Waals surface area contributed by atoms with Crippen molar-refractivity contribution in [3.63, 3.8) is 0 Å². The molecule has 0 amide bonds. The maximum absolute atomic E-state index is 11.6. The molecule has 3 atom stereocenters. The lowest BCUT2D eigenvalue weighted by Crippen LogP contribution is -2.37. The van der Waals surface area contributed by atoms with Crippen molar-refractivity contribution in [1.29, 1.82) is 0 Å². The van der Waals surface area contributed by atoms with Gasteiger partial charge in [-0.25, -0.2) is 4.79 Å². The number of rotatable bonds is 6. The van der Waals surface area contributed by atoms with Crippen LogP contribution in [0.5, 0.6) is 5.75 Å². The molecule has 0 radical (unpaired) electrons. The number of para-hydroxylation sites is 1. The highest BCUT2D eigenvalue weighted by Crippen LogP contribution is 2.42. The third kappa shape index (κ3) is 4.42. The number of ether oxygens (including phenoxy) is 1. The number of benzene rings is 4. The minimum Gasteiger partial charge on any atom is -0.489 e. The van der Waals surface area contributed by atoms with E-state index >= 15 is 0 Å². The molecule has 1 aliphatic rings. The molecule has 1 heterocycles. The van der Waals surface area contributed by atoms with Gasteiger partial charge in [0.2, 0.25) is 0 Å². The van der Waals surface area contributed by atoms with Crippen molar-refractivity contribution in [2.24, 2.45) is 0 Å². The van der Waals surface area contributed by atoms with Crippen LogP contribution in [0.2, 0.25) is 0 Å². The van der Waals surface area contributed by atoms with E-state index in [0.717, 1.165) is 35.4 Å². The topological polar surface area (TPSA) is 58.6 Å². The van der Waals surface area contributed by atoms with Gasteiger partial charge >= 0.3 is 5.97 Å². The van der Waals surface area contributed by atoms with Crippen molar-refractivity contribution in [3.8, 4) is 5.75 Å². The van der Waals surface area contributed by atoms with Crippen LogP contribution in [0.15, 0.2) is 78.9 Å².